The SMILES string of the molecule is CCS(=O)(=O)CCCC(CO)Cc1cccc(C)c1. The van der Waals surface area contributed by atoms with Crippen LogP contribution in [0.4, 0.5) is 0 Å². The Bertz CT molecular complexity index is 480. The van der Waals surface area contributed by atoms with E-state index in [0.29, 0.717) is 6.42 Å². The molecule has 1 N–H and O–H groups in total. The summed E-state index contributed by atoms with van der Waals surface area (Å²) in [4.78, 5) is 0. The van der Waals surface area contributed by atoms with E-state index in [0.717, 1.165) is 12.8 Å². The van der Waals surface area contributed by atoms with Gasteiger partial charge in [0.15, 0.2) is 0 Å². The quantitative estimate of drug-likeness (QED) is 0.797. The Kier molecular flexibility index (Phi) is 6.52. The van der Waals surface area contributed by atoms with Gasteiger partial charge in [-0.25, -0.2) is 8.42 Å². The lowest BCUT2D eigenvalue weighted by atomic mass is 9.95. The van der Waals surface area contributed by atoms with Crippen LogP contribution in [0.15, 0.2) is 24.3 Å². The summed E-state index contributed by atoms with van der Waals surface area (Å²) in [5, 5.41) is 9.39. The number of hydrogen-bond donors (Lipinski definition) is 1. The summed E-state index contributed by atoms with van der Waals surface area (Å²) in [6.07, 6.45) is 2.20. The normalized spacial score (nSPS) is 13.4. The third kappa shape index (κ3) is 6.21. The number of aryl methyl sites for hydroxylation is 1. The second-order valence-corrected chi connectivity index (χ2v) is 7.59. The Balaban J connectivity index is 2.46. The van der Waals surface area contributed by atoms with Crippen LogP contribution in [-0.4, -0.2) is 31.6 Å². The summed E-state index contributed by atoms with van der Waals surface area (Å²) < 4.78 is 22.8. The molecule has 108 valence electrons. The Morgan fingerprint density at radius 3 is 2.63 bits per heavy atom. The van der Waals surface area contributed by atoms with E-state index in [1.165, 1.54) is 11.1 Å². The molecule has 0 bridgehead atoms. The van der Waals surface area contributed by atoms with Crippen LogP contribution in [0.5, 0.6) is 0 Å². The minimum Gasteiger partial charge on any atom is -0.396 e. The van der Waals surface area contributed by atoms with Crippen LogP contribution in [-0.2, 0) is 16.3 Å². The van der Waals surface area contributed by atoms with Crippen molar-refractivity contribution in [3.63, 3.8) is 0 Å². The van der Waals surface area contributed by atoms with E-state index in [9.17, 15) is 13.5 Å². The molecule has 1 rings (SSSR count). The summed E-state index contributed by atoms with van der Waals surface area (Å²) in [6.45, 7) is 3.83. The van der Waals surface area contributed by atoms with Crippen LogP contribution in [0.3, 0.4) is 0 Å². The Labute approximate surface area is 116 Å². The van der Waals surface area contributed by atoms with E-state index in [1.807, 2.05) is 19.1 Å². The number of benzene rings is 1. The molecule has 0 aliphatic carbocycles. The van der Waals surface area contributed by atoms with Gasteiger partial charge in [0.25, 0.3) is 0 Å². The lowest BCUT2D eigenvalue weighted by Gasteiger charge is -2.14. The largest absolute Gasteiger partial charge is 0.396 e. The molecule has 0 heterocycles. The minimum absolute atomic E-state index is 0.111. The average Bonchev–Trinajstić information content (AvgIpc) is 2.37. The zero-order chi connectivity index (χ0) is 14.3. The molecule has 19 heavy (non-hydrogen) atoms. The molecule has 1 atom stereocenters. The highest BCUT2D eigenvalue weighted by molar-refractivity contribution is 7.91. The van der Waals surface area contributed by atoms with Gasteiger partial charge in [-0.2, -0.15) is 0 Å². The fourth-order valence-corrected chi connectivity index (χ4v) is 3.06. The van der Waals surface area contributed by atoms with Crippen molar-refractivity contribution in [1.29, 1.82) is 0 Å². The number of sulfone groups is 1. The highest BCUT2D eigenvalue weighted by atomic mass is 32.2. The first-order chi connectivity index (χ1) is 8.96. The van der Waals surface area contributed by atoms with Crippen molar-refractivity contribution < 1.29 is 13.5 Å². The number of aliphatic hydroxyl groups is 1. The van der Waals surface area contributed by atoms with Gasteiger partial charge in [0, 0.05) is 12.4 Å². The van der Waals surface area contributed by atoms with Gasteiger partial charge in [0.05, 0.1) is 5.75 Å². The molecule has 0 amide bonds. The molecule has 0 spiro atoms. The number of hydrogen-bond acceptors (Lipinski definition) is 3. The topological polar surface area (TPSA) is 54.4 Å². The molecular weight excluding hydrogens is 260 g/mol. The highest BCUT2D eigenvalue weighted by Crippen LogP contribution is 2.15. The van der Waals surface area contributed by atoms with E-state index in [-0.39, 0.29) is 24.0 Å². The van der Waals surface area contributed by atoms with Gasteiger partial charge in [-0.3, -0.25) is 0 Å². The maximum Gasteiger partial charge on any atom is 0.150 e. The van der Waals surface area contributed by atoms with Crippen molar-refractivity contribution in [2.75, 3.05) is 18.1 Å². The first-order valence-corrected chi connectivity index (χ1v) is 8.66. The predicted octanol–water partition coefficient (Wildman–Crippen LogP) is 2.36. The van der Waals surface area contributed by atoms with Crippen molar-refractivity contribution in [2.45, 2.75) is 33.1 Å². The van der Waals surface area contributed by atoms with Gasteiger partial charge in [0.1, 0.15) is 9.84 Å². The van der Waals surface area contributed by atoms with E-state index in [2.05, 4.69) is 12.1 Å². The first-order valence-electron chi connectivity index (χ1n) is 6.83. The van der Waals surface area contributed by atoms with Crippen LogP contribution >= 0.6 is 0 Å². The molecule has 1 aromatic carbocycles. The molecule has 0 radical (unpaired) electrons. The fraction of sp³-hybridized carbons (Fsp3) is 0.600. The van der Waals surface area contributed by atoms with E-state index in [4.69, 9.17) is 0 Å². The van der Waals surface area contributed by atoms with Gasteiger partial charge in [0.2, 0.25) is 0 Å². The monoisotopic (exact) mass is 284 g/mol. The van der Waals surface area contributed by atoms with Crippen LogP contribution in [0.1, 0.15) is 30.9 Å². The molecule has 0 aromatic heterocycles. The average molecular weight is 284 g/mol. The van der Waals surface area contributed by atoms with E-state index < -0.39 is 9.84 Å². The van der Waals surface area contributed by atoms with Crippen molar-refractivity contribution in [3.8, 4) is 0 Å². The van der Waals surface area contributed by atoms with Crippen LogP contribution in [0.2, 0.25) is 0 Å². The summed E-state index contributed by atoms with van der Waals surface area (Å²) in [6, 6.07) is 8.23. The first kappa shape index (κ1) is 16.2. The van der Waals surface area contributed by atoms with Gasteiger partial charge >= 0.3 is 0 Å². The van der Waals surface area contributed by atoms with Gasteiger partial charge < -0.3 is 5.11 Å². The molecule has 0 saturated carbocycles. The standard InChI is InChI=1S/C15H24O3S/c1-3-19(17,18)9-5-8-15(12-16)11-14-7-4-6-13(2)10-14/h4,6-7,10,15-16H,3,5,8-9,11-12H2,1-2H3. The Morgan fingerprint density at radius 1 is 1.32 bits per heavy atom. The summed E-state index contributed by atoms with van der Waals surface area (Å²) in [7, 11) is -2.88. The molecule has 0 saturated heterocycles. The van der Waals surface area contributed by atoms with Gasteiger partial charge in [-0.1, -0.05) is 36.8 Å². The lowest BCUT2D eigenvalue weighted by molar-refractivity contribution is 0.217. The van der Waals surface area contributed by atoms with Crippen LogP contribution < -0.4 is 0 Å². The maximum atomic E-state index is 11.4. The third-order valence-corrected chi connectivity index (χ3v) is 5.16. The lowest BCUT2D eigenvalue weighted by Crippen LogP contribution is -2.14. The molecule has 1 unspecified atom stereocenters. The number of rotatable bonds is 8. The summed E-state index contributed by atoms with van der Waals surface area (Å²) in [5.74, 6) is 0.580. The molecule has 4 heteroatoms. The Morgan fingerprint density at radius 2 is 2.05 bits per heavy atom. The van der Waals surface area contributed by atoms with Crippen molar-refractivity contribution in [2.24, 2.45) is 5.92 Å². The second-order valence-electron chi connectivity index (χ2n) is 5.12. The molecular formula is C15H24O3S. The molecule has 0 aliphatic heterocycles. The highest BCUT2D eigenvalue weighted by Gasteiger charge is 2.12. The predicted molar refractivity (Wildman–Crippen MR) is 79.0 cm³/mol. The molecule has 1 aromatic rings. The van der Waals surface area contributed by atoms with Crippen molar-refractivity contribution in [3.05, 3.63) is 35.4 Å². The minimum atomic E-state index is -2.88. The molecule has 0 aliphatic rings. The van der Waals surface area contributed by atoms with E-state index >= 15 is 0 Å². The summed E-state index contributed by atoms with van der Waals surface area (Å²) in [5.41, 5.74) is 2.42. The Hall–Kier alpha value is -0.870. The zero-order valence-corrected chi connectivity index (χ0v) is 12.6. The smallest absolute Gasteiger partial charge is 0.150 e. The fourth-order valence-electron chi connectivity index (χ4n) is 2.17. The second kappa shape index (κ2) is 7.65. The van der Waals surface area contributed by atoms with Crippen molar-refractivity contribution >= 4 is 9.84 Å². The van der Waals surface area contributed by atoms with Gasteiger partial charge in [-0.15, -0.1) is 0 Å². The number of aliphatic hydroxyl groups excluding tert-OH is 1. The molecule has 0 fully saturated rings. The van der Waals surface area contributed by atoms with E-state index in [1.54, 1.807) is 6.92 Å². The van der Waals surface area contributed by atoms with Gasteiger partial charge in [-0.05, 0) is 37.7 Å². The van der Waals surface area contributed by atoms with Crippen molar-refractivity contribution in [1.82, 2.24) is 0 Å². The molecule has 3 nitrogen and oxygen atoms in total. The summed E-state index contributed by atoms with van der Waals surface area (Å²) >= 11 is 0. The third-order valence-electron chi connectivity index (χ3n) is 3.37. The van der Waals surface area contributed by atoms with Crippen LogP contribution in [0.25, 0.3) is 0 Å². The van der Waals surface area contributed by atoms with Crippen LogP contribution in [0, 0.1) is 12.8 Å². The maximum absolute atomic E-state index is 11.4. The zero-order valence-electron chi connectivity index (χ0n) is 11.8.